The molecule has 13 nitrogen and oxygen atoms in total. The summed E-state index contributed by atoms with van der Waals surface area (Å²) in [7, 11) is -3.52. The molecule has 216 valence electrons. The van der Waals surface area contributed by atoms with Crippen molar-refractivity contribution >= 4 is 49.0 Å². The third kappa shape index (κ3) is 4.57. The molecule has 0 amide bonds. The molecule has 0 aliphatic heterocycles. The van der Waals surface area contributed by atoms with E-state index in [-0.39, 0.29) is 5.56 Å². The molecular weight excluding hydrogens is 568 g/mol. The first-order valence-electron chi connectivity index (χ1n) is 13.4. The Bertz CT molecular complexity index is 2340. The predicted molar refractivity (Wildman–Crippen MR) is 165 cm³/mol. The van der Waals surface area contributed by atoms with Crippen LogP contribution in [0.1, 0.15) is 24.4 Å². The van der Waals surface area contributed by atoms with Crippen LogP contribution in [-0.4, -0.2) is 54.0 Å². The highest BCUT2D eigenvalue weighted by Crippen LogP contribution is 2.38. The smallest absolute Gasteiger partial charge is 0.282 e. The molecule has 0 radical (unpaired) electrons. The van der Waals surface area contributed by atoms with Gasteiger partial charge in [0.1, 0.15) is 23.3 Å². The second-order valence-electron chi connectivity index (χ2n) is 10.4. The Hall–Kier alpha value is -5.50. The van der Waals surface area contributed by atoms with E-state index in [1.54, 1.807) is 39.8 Å². The van der Waals surface area contributed by atoms with Crippen molar-refractivity contribution in [1.82, 2.24) is 39.3 Å². The highest BCUT2D eigenvalue weighted by atomic mass is 32.2. The lowest BCUT2D eigenvalue weighted by Gasteiger charge is -2.20. The largest absolute Gasteiger partial charge is 0.360 e. The average molecular weight is 595 g/mol. The number of aromatic nitrogens is 8. The fourth-order valence-electron chi connectivity index (χ4n) is 5.44. The molecule has 0 aliphatic carbocycles. The number of nitrogens with zero attached hydrogens (tertiary/aromatic N) is 6. The molecule has 0 saturated heterocycles. The fraction of sp³-hybridized carbons (Fsp3) is 0.138. The highest BCUT2D eigenvalue weighted by molar-refractivity contribution is 7.92. The summed E-state index contributed by atoms with van der Waals surface area (Å²) in [4.78, 5) is 26.0. The van der Waals surface area contributed by atoms with Gasteiger partial charge in [-0.25, -0.2) is 22.9 Å². The third-order valence-corrected chi connectivity index (χ3v) is 7.90. The lowest BCUT2D eigenvalue weighted by Crippen LogP contribution is -2.29. The molecule has 5 heterocycles. The van der Waals surface area contributed by atoms with E-state index >= 15 is 0 Å². The first-order chi connectivity index (χ1) is 20.7. The first kappa shape index (κ1) is 26.4. The Balaban J connectivity index is 1.38. The van der Waals surface area contributed by atoms with Gasteiger partial charge < -0.3 is 10.3 Å². The van der Waals surface area contributed by atoms with Gasteiger partial charge in [-0.1, -0.05) is 18.2 Å². The number of benzene rings is 2. The van der Waals surface area contributed by atoms with Gasteiger partial charge in [0.15, 0.2) is 5.82 Å². The Morgan fingerprint density at radius 2 is 1.86 bits per heavy atom. The molecule has 0 unspecified atom stereocenters. The Morgan fingerprint density at radius 3 is 2.65 bits per heavy atom. The van der Waals surface area contributed by atoms with Gasteiger partial charge >= 0.3 is 0 Å². The number of nitrogens with one attached hydrogen (secondary N) is 4. The minimum absolute atomic E-state index is 0.181. The van der Waals surface area contributed by atoms with Gasteiger partial charge in [0, 0.05) is 23.3 Å². The van der Waals surface area contributed by atoms with E-state index in [0.29, 0.717) is 45.1 Å². The van der Waals surface area contributed by atoms with Crippen LogP contribution >= 0.6 is 0 Å². The second-order valence-corrected chi connectivity index (χ2v) is 12.1. The SMILES string of the molecule is Cc1ccn2nc([C@H](C)Nc3ncnc4[nH]cc(-c5cc(NS(C)(=O)=O)cc6[nH]ncc56)c34)n(-c3ccccc3)c(=O)c12. The number of aryl methyl sites for hydroxylation is 1. The Kier molecular flexibility index (Phi) is 6.02. The Morgan fingerprint density at radius 1 is 1.05 bits per heavy atom. The molecule has 5 aromatic heterocycles. The zero-order valence-electron chi connectivity index (χ0n) is 23.3. The van der Waals surface area contributed by atoms with Gasteiger partial charge in [-0.15, -0.1) is 0 Å². The van der Waals surface area contributed by atoms with Crippen LogP contribution in [0, 0.1) is 6.92 Å². The quantitative estimate of drug-likeness (QED) is 0.213. The van der Waals surface area contributed by atoms with Crippen LogP contribution in [0.3, 0.4) is 0 Å². The molecule has 0 saturated carbocycles. The van der Waals surface area contributed by atoms with E-state index in [4.69, 9.17) is 5.10 Å². The maximum Gasteiger partial charge on any atom is 0.282 e. The van der Waals surface area contributed by atoms with Crippen molar-refractivity contribution in [3.63, 3.8) is 0 Å². The fourth-order valence-corrected chi connectivity index (χ4v) is 5.99. The molecule has 0 spiro atoms. The van der Waals surface area contributed by atoms with E-state index in [2.05, 4.69) is 35.2 Å². The van der Waals surface area contributed by atoms with Crippen LogP contribution in [-0.2, 0) is 10.0 Å². The van der Waals surface area contributed by atoms with Crippen LogP contribution < -0.4 is 15.6 Å². The lowest BCUT2D eigenvalue weighted by atomic mass is 10.0. The van der Waals surface area contributed by atoms with Gasteiger partial charge in [-0.3, -0.25) is 19.2 Å². The molecule has 43 heavy (non-hydrogen) atoms. The van der Waals surface area contributed by atoms with Crippen LogP contribution in [0.2, 0.25) is 0 Å². The number of rotatable bonds is 7. The van der Waals surface area contributed by atoms with Crippen LogP contribution in [0.5, 0.6) is 0 Å². The van der Waals surface area contributed by atoms with Crippen LogP contribution in [0.15, 0.2) is 78.2 Å². The molecular formula is C29H26N10O3S. The monoisotopic (exact) mass is 594 g/mol. The molecule has 7 rings (SSSR count). The van der Waals surface area contributed by atoms with E-state index in [0.717, 1.165) is 28.3 Å². The van der Waals surface area contributed by atoms with Crippen LogP contribution in [0.4, 0.5) is 11.5 Å². The van der Waals surface area contributed by atoms with Gasteiger partial charge in [-0.05, 0) is 55.3 Å². The van der Waals surface area contributed by atoms with E-state index in [9.17, 15) is 13.2 Å². The molecule has 1 atom stereocenters. The minimum Gasteiger partial charge on any atom is -0.360 e. The van der Waals surface area contributed by atoms with E-state index in [1.807, 2.05) is 50.2 Å². The maximum atomic E-state index is 13.8. The van der Waals surface area contributed by atoms with Crippen molar-refractivity contribution in [2.24, 2.45) is 0 Å². The summed E-state index contributed by atoms with van der Waals surface area (Å²) in [5.74, 6) is 0.990. The highest BCUT2D eigenvalue weighted by Gasteiger charge is 2.23. The lowest BCUT2D eigenvalue weighted by molar-refractivity contribution is 0.607. The summed E-state index contributed by atoms with van der Waals surface area (Å²) in [6.45, 7) is 3.80. The summed E-state index contributed by atoms with van der Waals surface area (Å²) in [6, 6.07) is 14.2. The summed E-state index contributed by atoms with van der Waals surface area (Å²) < 4.78 is 29.8. The van der Waals surface area contributed by atoms with E-state index in [1.165, 1.54) is 6.33 Å². The van der Waals surface area contributed by atoms with Gasteiger partial charge in [0.2, 0.25) is 10.0 Å². The normalized spacial score (nSPS) is 12.7. The molecule has 2 aromatic carbocycles. The molecule has 7 aromatic rings. The standard InChI is InChI=1S/C29H26N10O3S/c1-16-9-10-38-25(16)29(40)39(19-7-5-4-6-8-19)28(36-38)17(2)34-27-24-22(13-30-26(24)31-15-32-27)20-11-18(37-43(3,41)42)12-23-21(20)14-33-35-23/h4-15,17,37H,1-3H3,(H,33,35)(H2,30,31,32,34)/t17-/m0/s1. The number of hydrogen-bond donors (Lipinski definition) is 4. The number of fused-ring (bicyclic) bond motifs is 3. The van der Waals surface area contributed by atoms with Crippen molar-refractivity contribution in [3.05, 3.63) is 95.2 Å². The summed E-state index contributed by atoms with van der Waals surface area (Å²) in [6.07, 6.45) is 7.81. The van der Waals surface area contributed by atoms with Crippen LogP contribution in [0.25, 0.3) is 44.3 Å². The topological polar surface area (TPSA) is 168 Å². The van der Waals surface area contributed by atoms with Gasteiger partial charge in [-0.2, -0.15) is 10.2 Å². The number of aromatic amines is 2. The number of sulfonamides is 1. The van der Waals surface area contributed by atoms with Crippen molar-refractivity contribution in [2.75, 3.05) is 16.3 Å². The maximum absolute atomic E-state index is 13.8. The molecule has 0 bridgehead atoms. The van der Waals surface area contributed by atoms with Gasteiger partial charge in [0.25, 0.3) is 5.56 Å². The molecule has 14 heteroatoms. The number of H-pyrrole nitrogens is 2. The molecule has 0 fully saturated rings. The summed E-state index contributed by atoms with van der Waals surface area (Å²) in [5.41, 5.74) is 4.92. The predicted octanol–water partition coefficient (Wildman–Crippen LogP) is 4.15. The molecule has 4 N–H and O–H groups in total. The van der Waals surface area contributed by atoms with Crippen molar-refractivity contribution in [3.8, 4) is 16.8 Å². The zero-order chi connectivity index (χ0) is 29.9. The van der Waals surface area contributed by atoms with Gasteiger partial charge in [0.05, 0.1) is 40.8 Å². The average Bonchev–Trinajstić information content (AvgIpc) is 3.71. The van der Waals surface area contributed by atoms with Crippen molar-refractivity contribution in [2.45, 2.75) is 19.9 Å². The van der Waals surface area contributed by atoms with Crippen molar-refractivity contribution < 1.29 is 8.42 Å². The molecule has 0 aliphatic rings. The van der Waals surface area contributed by atoms with E-state index < -0.39 is 16.1 Å². The summed E-state index contributed by atoms with van der Waals surface area (Å²) in [5, 5.41) is 16.9. The zero-order valence-corrected chi connectivity index (χ0v) is 24.1. The third-order valence-electron chi connectivity index (χ3n) is 7.29. The van der Waals surface area contributed by atoms with Crippen molar-refractivity contribution in [1.29, 1.82) is 0 Å². The first-order valence-corrected chi connectivity index (χ1v) is 15.3. The summed E-state index contributed by atoms with van der Waals surface area (Å²) >= 11 is 0. The minimum atomic E-state index is -3.52. The Labute approximate surface area is 244 Å². The number of hydrogen-bond acceptors (Lipinski definition) is 8. The number of para-hydroxylation sites is 1. The second kappa shape index (κ2) is 9.80. The number of anilines is 2.